The minimum atomic E-state index is -0.772. The first-order valence-corrected chi connectivity index (χ1v) is 9.37. The molecule has 0 fully saturated rings. The van der Waals surface area contributed by atoms with Gasteiger partial charge in [0.05, 0.1) is 33.8 Å². The zero-order chi connectivity index (χ0) is 22.0. The molecule has 156 valence electrons. The lowest BCUT2D eigenvalue weighted by atomic mass is 10.00. The minimum Gasteiger partial charge on any atom is -0.327 e. The number of hydrogen-bond acceptors (Lipinski definition) is 5. The van der Waals surface area contributed by atoms with Gasteiger partial charge in [0, 0.05) is 22.8 Å². The Balaban J connectivity index is 1.62. The van der Waals surface area contributed by atoms with E-state index in [1.165, 1.54) is 12.1 Å². The first-order valence-electron chi connectivity index (χ1n) is 9.37. The molecule has 4 N–H and O–H groups in total. The van der Waals surface area contributed by atoms with E-state index in [9.17, 15) is 19.7 Å². The Kier molecular flexibility index (Phi) is 5.19. The second-order valence-corrected chi connectivity index (χ2v) is 6.92. The molecule has 2 aromatic carbocycles. The molecule has 1 unspecified atom stereocenters. The van der Waals surface area contributed by atoms with Crippen LogP contribution in [0.5, 0.6) is 0 Å². The molecule has 4 rings (SSSR count). The number of fused-ring (bicyclic) bond motifs is 1. The van der Waals surface area contributed by atoms with Crippen LogP contribution >= 0.6 is 0 Å². The number of hydrogen-bond donors (Lipinski definition) is 4. The normalized spacial score (nSPS) is 16.3. The number of aromatic nitrogens is 2. The number of rotatable bonds is 5. The summed E-state index contributed by atoms with van der Waals surface area (Å²) in [4.78, 5) is 35.8. The Hall–Kier alpha value is -4.47. The minimum absolute atomic E-state index is 0.0703. The number of carbonyl (C=O) groups excluding carboxylic acids is 2. The Labute approximate surface area is 176 Å². The maximum atomic E-state index is 13.0. The maximum Gasteiger partial charge on any atom is 0.319 e. The van der Waals surface area contributed by atoms with Crippen molar-refractivity contribution in [2.45, 2.75) is 13.0 Å². The van der Waals surface area contributed by atoms with Gasteiger partial charge in [-0.2, -0.15) is 5.10 Å². The van der Waals surface area contributed by atoms with Crippen LogP contribution in [0, 0.1) is 10.1 Å². The number of H-pyrrole nitrogens is 1. The predicted molar refractivity (Wildman–Crippen MR) is 115 cm³/mol. The SMILES string of the molecule is CC1=C(C(=O)Nc2ccc3[nH]ncc3c2)C(C=Cc2ccccc2[N+](=O)[O-])NC(=O)N1. The van der Waals surface area contributed by atoms with Gasteiger partial charge in [0.2, 0.25) is 0 Å². The van der Waals surface area contributed by atoms with Gasteiger partial charge in [-0.3, -0.25) is 20.0 Å². The van der Waals surface area contributed by atoms with Gasteiger partial charge in [-0.15, -0.1) is 0 Å². The number of nitro groups is 1. The van der Waals surface area contributed by atoms with Gasteiger partial charge in [-0.05, 0) is 37.3 Å². The average Bonchev–Trinajstić information content (AvgIpc) is 3.19. The molecule has 0 spiro atoms. The van der Waals surface area contributed by atoms with Gasteiger partial charge in [0.25, 0.3) is 11.6 Å². The lowest BCUT2D eigenvalue weighted by Crippen LogP contribution is -2.49. The molecular formula is C21H18N6O4. The Bertz CT molecular complexity index is 1260. The van der Waals surface area contributed by atoms with E-state index in [1.54, 1.807) is 55.6 Å². The van der Waals surface area contributed by atoms with Crippen LogP contribution in [0.4, 0.5) is 16.2 Å². The summed E-state index contributed by atoms with van der Waals surface area (Å²) in [6.45, 7) is 1.62. The number of allylic oxidation sites excluding steroid dienone is 1. The third-order valence-corrected chi connectivity index (χ3v) is 4.85. The molecule has 1 aliphatic rings. The number of amides is 3. The molecule has 0 saturated heterocycles. The summed E-state index contributed by atoms with van der Waals surface area (Å²) in [6, 6.07) is 10.3. The smallest absolute Gasteiger partial charge is 0.319 e. The van der Waals surface area contributed by atoms with Crippen LogP contribution in [0.2, 0.25) is 0 Å². The fourth-order valence-corrected chi connectivity index (χ4v) is 3.39. The van der Waals surface area contributed by atoms with Crippen molar-refractivity contribution in [2.75, 3.05) is 5.32 Å². The molecule has 0 aliphatic carbocycles. The van der Waals surface area contributed by atoms with Crippen molar-refractivity contribution < 1.29 is 14.5 Å². The zero-order valence-corrected chi connectivity index (χ0v) is 16.4. The molecule has 2 heterocycles. The zero-order valence-electron chi connectivity index (χ0n) is 16.4. The molecular weight excluding hydrogens is 400 g/mol. The summed E-state index contributed by atoms with van der Waals surface area (Å²) in [6.07, 6.45) is 4.72. The van der Waals surface area contributed by atoms with E-state index in [0.29, 0.717) is 22.5 Å². The lowest BCUT2D eigenvalue weighted by molar-refractivity contribution is -0.385. The highest BCUT2D eigenvalue weighted by atomic mass is 16.6. The highest BCUT2D eigenvalue weighted by Gasteiger charge is 2.28. The topological polar surface area (TPSA) is 142 Å². The van der Waals surface area contributed by atoms with E-state index in [1.807, 2.05) is 0 Å². The van der Waals surface area contributed by atoms with Crippen molar-refractivity contribution in [1.82, 2.24) is 20.8 Å². The molecule has 1 aromatic heterocycles. The maximum absolute atomic E-state index is 13.0. The molecule has 0 bridgehead atoms. The molecule has 3 aromatic rings. The molecule has 0 saturated carbocycles. The van der Waals surface area contributed by atoms with E-state index in [-0.39, 0.29) is 5.69 Å². The summed E-state index contributed by atoms with van der Waals surface area (Å²) < 4.78 is 0. The molecule has 1 atom stereocenters. The van der Waals surface area contributed by atoms with Gasteiger partial charge in [0.1, 0.15) is 0 Å². The molecule has 10 nitrogen and oxygen atoms in total. The molecule has 10 heteroatoms. The van der Waals surface area contributed by atoms with Gasteiger partial charge in [0.15, 0.2) is 0 Å². The number of nitrogens with zero attached hydrogens (tertiary/aromatic N) is 2. The van der Waals surface area contributed by atoms with Crippen LogP contribution in [0.1, 0.15) is 12.5 Å². The second-order valence-electron chi connectivity index (χ2n) is 6.92. The Morgan fingerprint density at radius 2 is 2.06 bits per heavy atom. The molecule has 3 amide bonds. The van der Waals surface area contributed by atoms with E-state index < -0.39 is 22.9 Å². The van der Waals surface area contributed by atoms with E-state index >= 15 is 0 Å². The van der Waals surface area contributed by atoms with Crippen molar-refractivity contribution in [3.8, 4) is 0 Å². The van der Waals surface area contributed by atoms with Crippen molar-refractivity contribution in [3.05, 3.63) is 81.7 Å². The number of benzene rings is 2. The van der Waals surface area contributed by atoms with Gasteiger partial charge in [-0.1, -0.05) is 18.2 Å². The first-order chi connectivity index (χ1) is 14.9. The monoisotopic (exact) mass is 418 g/mol. The summed E-state index contributed by atoms with van der Waals surface area (Å²) in [5, 5.41) is 27.0. The highest BCUT2D eigenvalue weighted by molar-refractivity contribution is 6.07. The average molecular weight is 418 g/mol. The van der Waals surface area contributed by atoms with Crippen LogP contribution in [-0.4, -0.2) is 33.1 Å². The number of aromatic amines is 1. The third-order valence-electron chi connectivity index (χ3n) is 4.85. The summed E-state index contributed by atoms with van der Waals surface area (Å²) in [5.41, 5.74) is 2.38. The Morgan fingerprint density at radius 1 is 1.26 bits per heavy atom. The summed E-state index contributed by atoms with van der Waals surface area (Å²) in [5.74, 6) is -0.412. The van der Waals surface area contributed by atoms with E-state index in [4.69, 9.17) is 0 Å². The predicted octanol–water partition coefficient (Wildman–Crippen LogP) is 3.08. The summed E-state index contributed by atoms with van der Waals surface area (Å²) >= 11 is 0. The van der Waals surface area contributed by atoms with Crippen molar-refractivity contribution >= 4 is 40.3 Å². The highest BCUT2D eigenvalue weighted by Crippen LogP contribution is 2.23. The van der Waals surface area contributed by atoms with Gasteiger partial charge >= 0.3 is 6.03 Å². The second kappa shape index (κ2) is 8.11. The largest absolute Gasteiger partial charge is 0.327 e. The van der Waals surface area contributed by atoms with Gasteiger partial charge < -0.3 is 16.0 Å². The number of nitrogens with one attached hydrogen (secondary N) is 4. The number of nitro benzene ring substituents is 1. The molecule has 31 heavy (non-hydrogen) atoms. The van der Waals surface area contributed by atoms with Gasteiger partial charge in [-0.25, -0.2) is 4.79 Å². The quantitative estimate of drug-likeness (QED) is 0.372. The number of urea groups is 1. The van der Waals surface area contributed by atoms with Crippen molar-refractivity contribution in [2.24, 2.45) is 0 Å². The molecule has 1 aliphatic heterocycles. The lowest BCUT2D eigenvalue weighted by Gasteiger charge is -2.26. The third kappa shape index (κ3) is 4.13. The number of para-hydroxylation sites is 1. The number of anilines is 1. The van der Waals surface area contributed by atoms with Crippen molar-refractivity contribution in [1.29, 1.82) is 0 Å². The van der Waals surface area contributed by atoms with E-state index in [2.05, 4.69) is 26.1 Å². The standard InChI is InChI=1S/C21H18N6O4/c1-12-19(20(28)24-15-7-9-16-14(10-15)11-22-26-16)17(25-21(29)23-12)8-6-13-4-2-3-5-18(13)27(30)31/h2-11,17H,1H3,(H,22,26)(H,24,28)(H2,23,25,29). The van der Waals surface area contributed by atoms with Crippen LogP contribution in [0.3, 0.4) is 0 Å². The fraction of sp³-hybridized carbons (Fsp3) is 0.0952. The van der Waals surface area contributed by atoms with Crippen LogP contribution < -0.4 is 16.0 Å². The van der Waals surface area contributed by atoms with Crippen LogP contribution in [0.15, 0.2) is 66.0 Å². The summed E-state index contributed by atoms with van der Waals surface area (Å²) in [7, 11) is 0. The first kappa shape index (κ1) is 19.8. The number of carbonyl (C=O) groups is 2. The molecule has 0 radical (unpaired) electrons. The van der Waals surface area contributed by atoms with E-state index in [0.717, 1.165) is 10.9 Å². The van der Waals surface area contributed by atoms with Crippen LogP contribution in [0.25, 0.3) is 17.0 Å². The van der Waals surface area contributed by atoms with Crippen LogP contribution in [-0.2, 0) is 4.79 Å². The van der Waals surface area contributed by atoms with Crippen molar-refractivity contribution in [3.63, 3.8) is 0 Å². The Morgan fingerprint density at radius 3 is 2.87 bits per heavy atom. The fourth-order valence-electron chi connectivity index (χ4n) is 3.39.